The number of benzene rings is 9. The molecule has 0 saturated heterocycles. The zero-order valence-corrected chi connectivity index (χ0v) is 33.7. The standard InChI is InChI=1S/C58H38N4/c1-5-17-38(18-6-1)42-29-31-48-47-25-13-14-27-51(47)55(52(48)36-42)44-33-45(58-60-56(40-21-9-3-10-22-40)59-57(61-58)41-23-11-4-12-24-41)35-46(34-44)62-53-28-16-15-26-49(53)50-32-30-43(37-54(50)62)39-19-7-2-8-20-39/h1-37,55H. The van der Waals surface area contributed by atoms with E-state index in [0.717, 1.165) is 33.4 Å². The van der Waals surface area contributed by atoms with Gasteiger partial charge in [0, 0.05) is 39.1 Å². The van der Waals surface area contributed by atoms with Crippen LogP contribution in [0.25, 0.3) is 95.0 Å². The van der Waals surface area contributed by atoms with Crippen molar-refractivity contribution in [1.29, 1.82) is 0 Å². The smallest absolute Gasteiger partial charge is 0.164 e. The Morgan fingerprint density at radius 1 is 0.306 bits per heavy atom. The Bertz CT molecular complexity index is 3390. The fraction of sp³-hybridized carbons (Fsp3) is 0.0172. The van der Waals surface area contributed by atoms with Gasteiger partial charge in [0.2, 0.25) is 0 Å². The summed E-state index contributed by atoms with van der Waals surface area (Å²) < 4.78 is 2.43. The van der Waals surface area contributed by atoms with E-state index in [1.165, 1.54) is 60.8 Å². The van der Waals surface area contributed by atoms with Crippen LogP contribution in [-0.4, -0.2) is 19.5 Å². The molecule has 4 nitrogen and oxygen atoms in total. The first kappa shape index (κ1) is 35.7. The zero-order valence-electron chi connectivity index (χ0n) is 33.7. The molecule has 0 saturated carbocycles. The lowest BCUT2D eigenvalue weighted by Gasteiger charge is -2.20. The van der Waals surface area contributed by atoms with E-state index in [9.17, 15) is 0 Å². The van der Waals surface area contributed by atoms with Crippen molar-refractivity contribution in [2.24, 2.45) is 0 Å². The highest BCUT2D eigenvalue weighted by molar-refractivity contribution is 6.10. The Kier molecular flexibility index (Phi) is 8.53. The molecule has 1 aliphatic rings. The molecule has 0 radical (unpaired) electrons. The molecule has 9 aromatic carbocycles. The van der Waals surface area contributed by atoms with Crippen molar-refractivity contribution in [3.63, 3.8) is 0 Å². The van der Waals surface area contributed by atoms with E-state index in [1.54, 1.807) is 0 Å². The first-order valence-electron chi connectivity index (χ1n) is 21.1. The number of hydrogen-bond acceptors (Lipinski definition) is 3. The lowest BCUT2D eigenvalue weighted by molar-refractivity contribution is 1.00. The van der Waals surface area contributed by atoms with Crippen LogP contribution in [0.5, 0.6) is 0 Å². The highest BCUT2D eigenvalue weighted by Crippen LogP contribution is 2.50. The number of hydrogen-bond donors (Lipinski definition) is 0. The lowest BCUT2D eigenvalue weighted by atomic mass is 9.87. The molecule has 0 fully saturated rings. The summed E-state index contributed by atoms with van der Waals surface area (Å²) in [6.07, 6.45) is 0. The molecule has 62 heavy (non-hydrogen) atoms. The average Bonchev–Trinajstić information content (AvgIpc) is 3.87. The third-order valence-corrected chi connectivity index (χ3v) is 12.3. The largest absolute Gasteiger partial charge is 0.309 e. The van der Waals surface area contributed by atoms with Gasteiger partial charge in [0.15, 0.2) is 17.5 Å². The number of para-hydroxylation sites is 1. The normalized spacial score (nSPS) is 13.0. The maximum absolute atomic E-state index is 5.28. The molecule has 0 aliphatic heterocycles. The molecular formula is C58H38N4. The topological polar surface area (TPSA) is 43.6 Å². The predicted octanol–water partition coefficient (Wildman–Crippen LogP) is 14.5. The second kappa shape index (κ2) is 14.8. The SMILES string of the molecule is c1ccc(-c2ccc3c(c2)C(c2cc(-c4nc(-c5ccccc5)nc(-c5ccccc5)n4)cc(-n4c5ccccc5c5ccc(-c6ccccc6)cc54)c2)c2ccccc2-3)cc1. The molecule has 12 rings (SSSR count). The second-order valence-corrected chi connectivity index (χ2v) is 16.0. The number of fused-ring (bicyclic) bond motifs is 6. The van der Waals surface area contributed by atoms with Crippen LogP contribution in [0.3, 0.4) is 0 Å². The van der Waals surface area contributed by atoms with Gasteiger partial charge in [-0.15, -0.1) is 0 Å². The summed E-state index contributed by atoms with van der Waals surface area (Å²) >= 11 is 0. The van der Waals surface area contributed by atoms with Crippen molar-refractivity contribution in [3.05, 3.63) is 241 Å². The van der Waals surface area contributed by atoms with Gasteiger partial charge < -0.3 is 4.57 Å². The minimum atomic E-state index is -0.0412. The average molecular weight is 791 g/mol. The molecule has 1 aliphatic carbocycles. The second-order valence-electron chi connectivity index (χ2n) is 16.0. The van der Waals surface area contributed by atoms with E-state index in [4.69, 9.17) is 15.0 Å². The van der Waals surface area contributed by atoms with Crippen molar-refractivity contribution in [2.45, 2.75) is 5.92 Å². The summed E-state index contributed by atoms with van der Waals surface area (Å²) in [5.41, 5.74) is 17.1. The third-order valence-electron chi connectivity index (χ3n) is 12.3. The summed E-state index contributed by atoms with van der Waals surface area (Å²) in [5, 5.41) is 2.41. The minimum Gasteiger partial charge on any atom is -0.309 e. The highest BCUT2D eigenvalue weighted by Gasteiger charge is 2.31. The lowest BCUT2D eigenvalue weighted by Crippen LogP contribution is -2.05. The summed E-state index contributed by atoms with van der Waals surface area (Å²) in [4.78, 5) is 15.6. The number of nitrogens with zero attached hydrogens (tertiary/aromatic N) is 4. The number of aromatic nitrogens is 4. The van der Waals surface area contributed by atoms with Gasteiger partial charge in [-0.3, -0.25) is 0 Å². The van der Waals surface area contributed by atoms with Gasteiger partial charge in [-0.2, -0.15) is 0 Å². The molecule has 2 heterocycles. The summed E-state index contributed by atoms with van der Waals surface area (Å²) in [7, 11) is 0. The van der Waals surface area contributed by atoms with E-state index < -0.39 is 0 Å². The molecule has 0 N–H and O–H groups in total. The van der Waals surface area contributed by atoms with Crippen molar-refractivity contribution < 1.29 is 0 Å². The Morgan fingerprint density at radius 2 is 0.806 bits per heavy atom. The molecule has 0 spiro atoms. The maximum atomic E-state index is 5.28. The zero-order chi connectivity index (χ0) is 41.0. The molecule has 4 heteroatoms. The monoisotopic (exact) mass is 790 g/mol. The van der Waals surface area contributed by atoms with Crippen molar-refractivity contribution >= 4 is 21.8 Å². The highest BCUT2D eigenvalue weighted by atomic mass is 15.0. The quantitative estimate of drug-likeness (QED) is 0.161. The van der Waals surface area contributed by atoms with Crippen molar-refractivity contribution in [2.75, 3.05) is 0 Å². The van der Waals surface area contributed by atoms with Gasteiger partial charge in [0.1, 0.15) is 0 Å². The molecular weight excluding hydrogens is 753 g/mol. The first-order chi connectivity index (χ1) is 30.7. The van der Waals surface area contributed by atoms with Gasteiger partial charge in [0.25, 0.3) is 0 Å². The van der Waals surface area contributed by atoms with Crippen LogP contribution in [0.15, 0.2) is 224 Å². The van der Waals surface area contributed by atoms with Crippen LogP contribution in [0.4, 0.5) is 0 Å². The summed E-state index contributed by atoms with van der Waals surface area (Å²) in [6.45, 7) is 0. The van der Waals surface area contributed by atoms with Crippen LogP contribution in [0.1, 0.15) is 22.6 Å². The van der Waals surface area contributed by atoms with E-state index in [-0.39, 0.29) is 5.92 Å². The molecule has 11 aromatic rings. The van der Waals surface area contributed by atoms with Crippen molar-refractivity contribution in [1.82, 2.24) is 19.5 Å². The van der Waals surface area contributed by atoms with Crippen LogP contribution >= 0.6 is 0 Å². The summed E-state index contributed by atoms with van der Waals surface area (Å²) in [6, 6.07) is 80.2. The van der Waals surface area contributed by atoms with E-state index >= 15 is 0 Å². The van der Waals surface area contributed by atoms with Crippen LogP contribution in [0, 0.1) is 0 Å². The van der Waals surface area contributed by atoms with E-state index in [2.05, 4.69) is 193 Å². The van der Waals surface area contributed by atoms with E-state index in [0.29, 0.717) is 17.5 Å². The van der Waals surface area contributed by atoms with Crippen LogP contribution < -0.4 is 0 Å². The molecule has 2 aromatic heterocycles. The molecule has 0 amide bonds. The maximum Gasteiger partial charge on any atom is 0.164 e. The van der Waals surface area contributed by atoms with Gasteiger partial charge in [0.05, 0.1) is 11.0 Å². The van der Waals surface area contributed by atoms with Crippen LogP contribution in [-0.2, 0) is 0 Å². The summed E-state index contributed by atoms with van der Waals surface area (Å²) in [5.74, 6) is 1.85. The molecule has 290 valence electrons. The fourth-order valence-corrected chi connectivity index (χ4v) is 9.43. The van der Waals surface area contributed by atoms with Gasteiger partial charge in [-0.1, -0.05) is 188 Å². The van der Waals surface area contributed by atoms with Gasteiger partial charge >= 0.3 is 0 Å². The molecule has 1 atom stereocenters. The molecule has 1 unspecified atom stereocenters. The van der Waals surface area contributed by atoms with E-state index in [1.807, 2.05) is 36.4 Å². The van der Waals surface area contributed by atoms with Gasteiger partial charge in [-0.25, -0.2) is 15.0 Å². The Balaban J connectivity index is 1.15. The Morgan fingerprint density at radius 3 is 1.47 bits per heavy atom. The molecule has 0 bridgehead atoms. The first-order valence-corrected chi connectivity index (χ1v) is 21.1. The third kappa shape index (κ3) is 6.12. The fourth-order valence-electron chi connectivity index (χ4n) is 9.43. The van der Waals surface area contributed by atoms with Crippen LogP contribution in [0.2, 0.25) is 0 Å². The number of rotatable bonds is 7. The predicted molar refractivity (Wildman–Crippen MR) is 254 cm³/mol. The Hall–Kier alpha value is -8.21. The minimum absolute atomic E-state index is 0.0412. The van der Waals surface area contributed by atoms with Crippen molar-refractivity contribution in [3.8, 4) is 73.2 Å². The van der Waals surface area contributed by atoms with Gasteiger partial charge in [-0.05, 0) is 86.5 Å². The Labute approximate surface area is 360 Å².